The van der Waals surface area contributed by atoms with Gasteiger partial charge in [-0.1, -0.05) is 61.2 Å². The highest BCUT2D eigenvalue weighted by molar-refractivity contribution is 6.42. The van der Waals surface area contributed by atoms with Gasteiger partial charge in [-0.15, -0.1) is 0 Å². The first-order valence-electron chi connectivity index (χ1n) is 9.37. The maximum absolute atomic E-state index is 13.3. The summed E-state index contributed by atoms with van der Waals surface area (Å²) < 4.78 is 0. The highest BCUT2D eigenvalue weighted by Gasteiger charge is 2.59. The highest BCUT2D eigenvalue weighted by atomic mass is 35.5. The number of hydrogen-bond acceptors (Lipinski definition) is 4. The van der Waals surface area contributed by atoms with Gasteiger partial charge in [0.05, 0.1) is 33.4 Å². The molecule has 3 atom stereocenters. The third-order valence-electron chi connectivity index (χ3n) is 5.26. The monoisotopic (exact) mass is 418 g/mol. The van der Waals surface area contributed by atoms with Gasteiger partial charge in [0, 0.05) is 0 Å². The lowest BCUT2D eigenvalue weighted by atomic mass is 9.92. The van der Waals surface area contributed by atoms with Crippen LogP contribution in [0, 0.1) is 5.92 Å². The molecule has 2 aromatic carbocycles. The van der Waals surface area contributed by atoms with E-state index in [-0.39, 0.29) is 17.9 Å². The molecule has 28 heavy (non-hydrogen) atoms. The number of benzene rings is 2. The van der Waals surface area contributed by atoms with Gasteiger partial charge < -0.3 is 0 Å². The molecule has 7 heteroatoms. The molecule has 0 bridgehead atoms. The summed E-state index contributed by atoms with van der Waals surface area (Å²) in [5, 5.41) is 2.41. The number of fused-ring (bicyclic) bond motifs is 1. The van der Waals surface area contributed by atoms with E-state index in [1.807, 2.05) is 30.3 Å². The molecule has 0 unspecified atom stereocenters. The first kappa shape index (κ1) is 19.2. The van der Waals surface area contributed by atoms with Crippen molar-refractivity contribution in [3.63, 3.8) is 0 Å². The molecule has 0 aromatic heterocycles. The van der Waals surface area contributed by atoms with Gasteiger partial charge in [0.1, 0.15) is 0 Å². The first-order valence-corrected chi connectivity index (χ1v) is 10.1. The van der Waals surface area contributed by atoms with Crippen LogP contribution in [0.25, 0.3) is 0 Å². The molecule has 0 radical (unpaired) electrons. The zero-order valence-electron chi connectivity index (χ0n) is 15.3. The van der Waals surface area contributed by atoms with Crippen LogP contribution in [0.15, 0.2) is 48.5 Å². The molecular formula is C21H20Cl2N2O3. The maximum atomic E-state index is 13.3. The minimum atomic E-state index is -0.830. The number of para-hydroxylation sites is 1. The fourth-order valence-corrected chi connectivity index (χ4v) is 4.20. The molecule has 4 rings (SSSR count). The van der Waals surface area contributed by atoms with Gasteiger partial charge >= 0.3 is 0 Å². The summed E-state index contributed by atoms with van der Waals surface area (Å²) in [6, 6.07) is 14.1. The highest BCUT2D eigenvalue weighted by Crippen LogP contribution is 2.42. The van der Waals surface area contributed by atoms with Crippen LogP contribution in [-0.4, -0.2) is 24.0 Å². The Kier molecular flexibility index (Phi) is 5.32. The minimum Gasteiger partial charge on any atom is -0.273 e. The van der Waals surface area contributed by atoms with E-state index < -0.39 is 12.0 Å². The number of imide groups is 1. The molecule has 0 N–H and O–H groups in total. The van der Waals surface area contributed by atoms with Crippen LogP contribution in [0.2, 0.25) is 10.0 Å². The molecule has 146 valence electrons. The van der Waals surface area contributed by atoms with E-state index in [0.717, 1.165) is 24.9 Å². The molecule has 2 aromatic rings. The summed E-state index contributed by atoms with van der Waals surface area (Å²) in [7, 11) is 0. The Balaban J connectivity index is 1.68. The number of carbonyl (C=O) groups is 2. The number of carbonyl (C=O) groups excluding carboxylic acids is 2. The minimum absolute atomic E-state index is 0.198. The van der Waals surface area contributed by atoms with E-state index in [1.165, 1.54) is 11.0 Å². The van der Waals surface area contributed by atoms with Crippen LogP contribution < -0.4 is 9.96 Å². The van der Waals surface area contributed by atoms with Crippen molar-refractivity contribution >= 4 is 46.4 Å². The number of hydrogen-bond donors (Lipinski definition) is 0. The molecule has 2 fully saturated rings. The Labute approximate surface area is 173 Å². The van der Waals surface area contributed by atoms with Crippen molar-refractivity contribution in [2.45, 2.75) is 38.3 Å². The summed E-state index contributed by atoms with van der Waals surface area (Å²) in [6.45, 7) is 2.10. The number of anilines is 2. The lowest BCUT2D eigenvalue weighted by Crippen LogP contribution is -2.40. The number of rotatable bonds is 5. The molecule has 2 aliphatic heterocycles. The van der Waals surface area contributed by atoms with Crippen LogP contribution in [0.4, 0.5) is 11.4 Å². The fraction of sp³-hybridized carbons (Fsp3) is 0.333. The number of nitrogens with zero attached hydrogens (tertiary/aromatic N) is 2. The van der Waals surface area contributed by atoms with Crippen molar-refractivity contribution in [1.29, 1.82) is 0 Å². The number of unbranched alkanes of at least 4 members (excludes halogenated alkanes) is 1. The topological polar surface area (TPSA) is 49.9 Å². The second kappa shape index (κ2) is 7.74. The third kappa shape index (κ3) is 3.17. The summed E-state index contributed by atoms with van der Waals surface area (Å²) in [5.41, 5.74) is 1.27. The van der Waals surface area contributed by atoms with Crippen molar-refractivity contribution in [3.8, 4) is 0 Å². The third-order valence-corrected chi connectivity index (χ3v) is 6.00. The molecule has 2 heterocycles. The molecule has 0 saturated carbocycles. The van der Waals surface area contributed by atoms with E-state index in [1.54, 1.807) is 17.2 Å². The number of hydroxylamine groups is 1. The zero-order chi connectivity index (χ0) is 19.8. The average Bonchev–Trinajstić information content (AvgIpc) is 3.19. The van der Waals surface area contributed by atoms with Crippen molar-refractivity contribution in [3.05, 3.63) is 58.6 Å². The van der Waals surface area contributed by atoms with Gasteiger partial charge in [-0.05, 0) is 36.8 Å². The van der Waals surface area contributed by atoms with Crippen molar-refractivity contribution in [2.75, 3.05) is 9.96 Å². The summed E-state index contributed by atoms with van der Waals surface area (Å²) in [6.07, 6.45) is 1.87. The van der Waals surface area contributed by atoms with Crippen LogP contribution >= 0.6 is 23.2 Å². The average molecular weight is 419 g/mol. The van der Waals surface area contributed by atoms with Gasteiger partial charge in [-0.3, -0.25) is 14.4 Å². The molecule has 5 nitrogen and oxygen atoms in total. The second-order valence-electron chi connectivity index (χ2n) is 7.03. The van der Waals surface area contributed by atoms with Crippen molar-refractivity contribution in [2.24, 2.45) is 5.92 Å². The van der Waals surface area contributed by atoms with Crippen molar-refractivity contribution in [1.82, 2.24) is 0 Å². The molecule has 2 aliphatic rings. The van der Waals surface area contributed by atoms with E-state index in [0.29, 0.717) is 15.7 Å². The number of amides is 2. The van der Waals surface area contributed by atoms with Gasteiger partial charge in [0.15, 0.2) is 6.10 Å². The quantitative estimate of drug-likeness (QED) is 0.650. The Morgan fingerprint density at radius 3 is 2.39 bits per heavy atom. The van der Waals surface area contributed by atoms with E-state index in [4.69, 9.17) is 28.0 Å². The molecule has 2 saturated heterocycles. The van der Waals surface area contributed by atoms with Crippen LogP contribution in [-0.2, 0) is 14.4 Å². The van der Waals surface area contributed by atoms with Gasteiger partial charge in [-0.25, -0.2) is 9.96 Å². The Morgan fingerprint density at radius 2 is 1.71 bits per heavy atom. The van der Waals surface area contributed by atoms with Crippen LogP contribution in [0.1, 0.15) is 26.2 Å². The Hall–Kier alpha value is -2.08. The lowest BCUT2D eigenvalue weighted by Gasteiger charge is -2.28. The van der Waals surface area contributed by atoms with E-state index in [9.17, 15) is 9.59 Å². The van der Waals surface area contributed by atoms with Crippen LogP contribution in [0.5, 0.6) is 0 Å². The summed E-state index contributed by atoms with van der Waals surface area (Å²) >= 11 is 12.1. The lowest BCUT2D eigenvalue weighted by molar-refractivity contribution is -0.126. The van der Waals surface area contributed by atoms with E-state index >= 15 is 0 Å². The maximum Gasteiger partial charge on any atom is 0.266 e. The van der Waals surface area contributed by atoms with Crippen LogP contribution in [0.3, 0.4) is 0 Å². The number of halogens is 2. The smallest absolute Gasteiger partial charge is 0.266 e. The van der Waals surface area contributed by atoms with Gasteiger partial charge in [0.2, 0.25) is 5.91 Å². The van der Waals surface area contributed by atoms with Crippen molar-refractivity contribution < 1.29 is 14.4 Å². The predicted octanol–water partition coefficient (Wildman–Crippen LogP) is 4.86. The first-order chi connectivity index (χ1) is 13.5. The predicted molar refractivity (Wildman–Crippen MR) is 110 cm³/mol. The largest absolute Gasteiger partial charge is 0.273 e. The molecule has 0 aliphatic carbocycles. The standard InChI is InChI=1S/C21H20Cl2N2O3/c1-2-3-9-17-18-19(28-25(17)13-7-5-4-6-8-13)21(27)24(20(18)26)14-10-11-15(22)16(23)12-14/h4-8,10-12,17-19H,2-3,9H2,1H3/t17-,18-,19+/m1/s1. The molecule has 0 spiro atoms. The second-order valence-corrected chi connectivity index (χ2v) is 7.85. The molecular weight excluding hydrogens is 399 g/mol. The molecule has 2 amide bonds. The zero-order valence-corrected chi connectivity index (χ0v) is 16.9. The van der Waals surface area contributed by atoms with E-state index in [2.05, 4.69) is 6.92 Å². The SMILES string of the molecule is CCCC[C@@H]1[C@H]2C(=O)N(c3ccc(Cl)c(Cl)c3)C(=O)[C@H]2ON1c1ccccc1. The Morgan fingerprint density at radius 1 is 0.964 bits per heavy atom. The summed E-state index contributed by atoms with van der Waals surface area (Å²) in [4.78, 5) is 33.5. The normalized spacial score (nSPS) is 24.2. The van der Waals surface area contributed by atoms with Gasteiger partial charge in [0.25, 0.3) is 5.91 Å². The Bertz CT molecular complexity index is 906. The summed E-state index contributed by atoms with van der Waals surface area (Å²) in [5.74, 6) is -1.17. The van der Waals surface area contributed by atoms with Gasteiger partial charge in [-0.2, -0.15) is 0 Å². The fourth-order valence-electron chi connectivity index (χ4n) is 3.91.